The van der Waals surface area contributed by atoms with Crippen LogP contribution in [0.3, 0.4) is 0 Å². The van der Waals surface area contributed by atoms with E-state index in [9.17, 15) is 4.79 Å². The van der Waals surface area contributed by atoms with Gasteiger partial charge in [0.05, 0.1) is 24.6 Å². The van der Waals surface area contributed by atoms with Crippen LogP contribution in [0.2, 0.25) is 10.0 Å². The van der Waals surface area contributed by atoms with E-state index in [-0.39, 0.29) is 11.6 Å². The highest BCUT2D eigenvalue weighted by atomic mass is 35.5. The van der Waals surface area contributed by atoms with Crippen LogP contribution in [0.5, 0.6) is 0 Å². The molecule has 1 aromatic carbocycles. The van der Waals surface area contributed by atoms with E-state index >= 15 is 0 Å². The molecule has 0 spiro atoms. The van der Waals surface area contributed by atoms with Crippen molar-refractivity contribution in [3.63, 3.8) is 0 Å². The maximum Gasteiger partial charge on any atom is 0.276 e. The molecule has 29 heavy (non-hydrogen) atoms. The minimum atomic E-state index is -0.183. The minimum Gasteiger partial charge on any atom is -0.378 e. The van der Waals surface area contributed by atoms with Crippen molar-refractivity contribution < 1.29 is 9.53 Å². The SMILES string of the molecule is O=C(c1nnn(-c2cc(Cl)cc(Cl)c2)c1CSc1ncccn1)N1CCOCC1. The van der Waals surface area contributed by atoms with Crippen molar-refractivity contribution in [3.05, 3.63) is 58.1 Å². The lowest BCUT2D eigenvalue weighted by Crippen LogP contribution is -2.41. The van der Waals surface area contributed by atoms with Crippen molar-refractivity contribution in [2.75, 3.05) is 26.3 Å². The highest BCUT2D eigenvalue weighted by Crippen LogP contribution is 2.27. The van der Waals surface area contributed by atoms with E-state index in [0.717, 1.165) is 0 Å². The first-order valence-corrected chi connectivity index (χ1v) is 10.5. The molecule has 4 rings (SSSR count). The molecule has 0 bridgehead atoms. The third kappa shape index (κ3) is 4.69. The van der Waals surface area contributed by atoms with Gasteiger partial charge in [0.1, 0.15) is 0 Å². The monoisotopic (exact) mass is 450 g/mol. The van der Waals surface area contributed by atoms with Crippen LogP contribution in [0.25, 0.3) is 5.69 Å². The van der Waals surface area contributed by atoms with Crippen molar-refractivity contribution in [1.82, 2.24) is 29.9 Å². The average molecular weight is 451 g/mol. The number of halogens is 2. The summed E-state index contributed by atoms with van der Waals surface area (Å²) in [6, 6.07) is 6.82. The Morgan fingerprint density at radius 3 is 2.48 bits per heavy atom. The van der Waals surface area contributed by atoms with Gasteiger partial charge in [-0.05, 0) is 24.3 Å². The third-order valence-electron chi connectivity index (χ3n) is 4.24. The quantitative estimate of drug-likeness (QED) is 0.435. The van der Waals surface area contributed by atoms with Crippen LogP contribution >= 0.6 is 35.0 Å². The van der Waals surface area contributed by atoms with E-state index in [1.165, 1.54) is 11.8 Å². The Balaban J connectivity index is 1.70. The van der Waals surface area contributed by atoms with E-state index in [0.29, 0.717) is 58.6 Å². The summed E-state index contributed by atoms with van der Waals surface area (Å²) in [6.45, 7) is 2.05. The topological polar surface area (TPSA) is 86.0 Å². The molecule has 1 saturated heterocycles. The number of hydrogen-bond acceptors (Lipinski definition) is 7. The number of nitrogens with zero attached hydrogens (tertiary/aromatic N) is 6. The lowest BCUT2D eigenvalue weighted by molar-refractivity contribution is 0.0298. The Morgan fingerprint density at radius 1 is 1.10 bits per heavy atom. The van der Waals surface area contributed by atoms with Crippen LogP contribution in [-0.4, -0.2) is 62.1 Å². The number of hydrogen-bond donors (Lipinski definition) is 0. The van der Waals surface area contributed by atoms with Crippen molar-refractivity contribution in [2.45, 2.75) is 10.9 Å². The Bertz CT molecular complexity index is 991. The number of thioether (sulfide) groups is 1. The summed E-state index contributed by atoms with van der Waals surface area (Å²) in [5.41, 5.74) is 1.53. The summed E-state index contributed by atoms with van der Waals surface area (Å²) in [4.78, 5) is 23.2. The molecule has 8 nitrogen and oxygen atoms in total. The second-order valence-corrected chi connectivity index (χ2v) is 7.96. The molecule has 2 aromatic heterocycles. The largest absolute Gasteiger partial charge is 0.378 e. The number of benzene rings is 1. The molecule has 150 valence electrons. The van der Waals surface area contributed by atoms with Crippen LogP contribution in [-0.2, 0) is 10.5 Å². The predicted octanol–water partition coefficient (Wildman–Crippen LogP) is 3.13. The van der Waals surface area contributed by atoms with E-state index in [1.54, 1.807) is 46.2 Å². The molecule has 1 fully saturated rings. The van der Waals surface area contributed by atoms with Crippen molar-refractivity contribution in [1.29, 1.82) is 0 Å². The van der Waals surface area contributed by atoms with Gasteiger partial charge in [0, 0.05) is 41.3 Å². The molecule has 3 heterocycles. The maximum absolute atomic E-state index is 13.1. The zero-order chi connectivity index (χ0) is 20.2. The van der Waals surface area contributed by atoms with Crippen LogP contribution in [0.15, 0.2) is 41.8 Å². The second kappa shape index (κ2) is 9.08. The molecule has 0 N–H and O–H groups in total. The molecule has 1 aliphatic heterocycles. The standard InChI is InChI=1S/C18H16Cl2N6O2S/c19-12-8-13(20)10-14(9-12)26-15(11-29-18-21-2-1-3-22-18)16(23-24-26)17(27)25-4-6-28-7-5-25/h1-3,8-10H,4-7,11H2. The number of rotatable bonds is 5. The van der Waals surface area contributed by atoms with Gasteiger partial charge in [0.2, 0.25) is 0 Å². The zero-order valence-electron chi connectivity index (χ0n) is 15.2. The van der Waals surface area contributed by atoms with Gasteiger partial charge in [-0.3, -0.25) is 4.79 Å². The van der Waals surface area contributed by atoms with Gasteiger partial charge in [0.15, 0.2) is 10.9 Å². The molecule has 0 unspecified atom stereocenters. The van der Waals surface area contributed by atoms with Crippen molar-refractivity contribution >= 4 is 40.9 Å². The number of amides is 1. The van der Waals surface area contributed by atoms with E-state index in [2.05, 4.69) is 20.3 Å². The van der Waals surface area contributed by atoms with Gasteiger partial charge in [-0.2, -0.15) is 0 Å². The fourth-order valence-corrected chi connectivity index (χ4v) is 4.19. The normalized spacial score (nSPS) is 14.2. The van der Waals surface area contributed by atoms with Gasteiger partial charge in [-0.25, -0.2) is 14.6 Å². The van der Waals surface area contributed by atoms with E-state index in [4.69, 9.17) is 27.9 Å². The van der Waals surface area contributed by atoms with Crippen LogP contribution in [0.1, 0.15) is 16.2 Å². The Hall–Kier alpha value is -2.20. The molecule has 11 heteroatoms. The predicted molar refractivity (Wildman–Crippen MR) is 110 cm³/mol. The summed E-state index contributed by atoms with van der Waals surface area (Å²) >= 11 is 13.7. The fourth-order valence-electron chi connectivity index (χ4n) is 2.88. The number of aromatic nitrogens is 5. The highest BCUT2D eigenvalue weighted by molar-refractivity contribution is 7.98. The van der Waals surface area contributed by atoms with Crippen LogP contribution in [0.4, 0.5) is 0 Å². The molecule has 0 saturated carbocycles. The van der Waals surface area contributed by atoms with Crippen LogP contribution < -0.4 is 0 Å². The lowest BCUT2D eigenvalue weighted by atomic mass is 10.2. The molecule has 1 aliphatic rings. The van der Waals surface area contributed by atoms with E-state index < -0.39 is 0 Å². The number of carbonyl (C=O) groups excluding carboxylic acids is 1. The van der Waals surface area contributed by atoms with Gasteiger partial charge >= 0.3 is 0 Å². The molecular weight excluding hydrogens is 435 g/mol. The van der Waals surface area contributed by atoms with Crippen LogP contribution in [0, 0.1) is 0 Å². The first-order chi connectivity index (χ1) is 14.1. The molecular formula is C18H16Cl2N6O2S. The summed E-state index contributed by atoms with van der Waals surface area (Å²) in [6.07, 6.45) is 3.34. The van der Waals surface area contributed by atoms with Gasteiger partial charge in [-0.15, -0.1) is 5.10 Å². The average Bonchev–Trinajstić information content (AvgIpc) is 3.16. The zero-order valence-corrected chi connectivity index (χ0v) is 17.5. The first-order valence-electron chi connectivity index (χ1n) is 8.80. The van der Waals surface area contributed by atoms with Gasteiger partial charge in [-0.1, -0.05) is 40.2 Å². The highest BCUT2D eigenvalue weighted by Gasteiger charge is 2.27. The minimum absolute atomic E-state index is 0.183. The molecule has 0 radical (unpaired) electrons. The maximum atomic E-state index is 13.1. The summed E-state index contributed by atoms with van der Waals surface area (Å²) in [5, 5.41) is 9.92. The Labute approximate surface area is 181 Å². The molecule has 1 amide bonds. The summed E-state index contributed by atoms with van der Waals surface area (Å²) in [7, 11) is 0. The first kappa shape index (κ1) is 20.1. The summed E-state index contributed by atoms with van der Waals surface area (Å²) in [5.74, 6) is 0.212. The number of carbonyl (C=O) groups is 1. The molecule has 3 aromatic rings. The molecule has 0 atom stereocenters. The number of morpholine rings is 1. The van der Waals surface area contributed by atoms with Crippen molar-refractivity contribution in [2.24, 2.45) is 0 Å². The van der Waals surface area contributed by atoms with Crippen molar-refractivity contribution in [3.8, 4) is 5.69 Å². The Morgan fingerprint density at radius 2 is 1.79 bits per heavy atom. The third-order valence-corrected chi connectivity index (χ3v) is 5.56. The number of ether oxygens (including phenoxy) is 1. The van der Waals surface area contributed by atoms with E-state index in [1.807, 2.05) is 0 Å². The molecule has 0 aliphatic carbocycles. The fraction of sp³-hybridized carbons (Fsp3) is 0.278. The Kier molecular flexibility index (Phi) is 6.29. The smallest absolute Gasteiger partial charge is 0.276 e. The summed E-state index contributed by atoms with van der Waals surface area (Å²) < 4.78 is 6.92. The van der Waals surface area contributed by atoms with Gasteiger partial charge < -0.3 is 9.64 Å². The lowest BCUT2D eigenvalue weighted by Gasteiger charge is -2.26. The second-order valence-electron chi connectivity index (χ2n) is 6.15. The van der Waals surface area contributed by atoms with Gasteiger partial charge in [0.25, 0.3) is 5.91 Å².